The SMILES string of the molecule is CC(C)N(CCC1=CC(N2C(C)(C)CC3(CC2(C)C)OCCO3)=NN(NCCCCCCN)N1)C(C)C. The van der Waals surface area contributed by atoms with Crippen molar-refractivity contribution in [1.82, 2.24) is 25.9 Å². The summed E-state index contributed by atoms with van der Waals surface area (Å²) in [7, 11) is 0. The Kier molecular flexibility index (Phi) is 10.3. The molecule has 3 aliphatic rings. The van der Waals surface area contributed by atoms with Gasteiger partial charge in [-0.2, -0.15) is 5.43 Å². The first-order valence-corrected chi connectivity index (χ1v) is 14.5. The lowest BCUT2D eigenvalue weighted by Crippen LogP contribution is -2.68. The zero-order valence-electron chi connectivity index (χ0n) is 24.9. The molecular formula is C28H55N7O2. The van der Waals surface area contributed by atoms with Crippen LogP contribution >= 0.6 is 0 Å². The van der Waals surface area contributed by atoms with Gasteiger partial charge in [0.1, 0.15) is 0 Å². The summed E-state index contributed by atoms with van der Waals surface area (Å²) in [6, 6.07) is 1.00. The van der Waals surface area contributed by atoms with Crippen LogP contribution in [0, 0.1) is 0 Å². The normalized spacial score (nSPS) is 22.7. The van der Waals surface area contributed by atoms with Gasteiger partial charge in [0, 0.05) is 67.3 Å². The van der Waals surface area contributed by atoms with E-state index in [9.17, 15) is 0 Å². The zero-order chi connectivity index (χ0) is 27.3. The first kappa shape index (κ1) is 30.2. The highest BCUT2D eigenvalue weighted by molar-refractivity contribution is 5.95. The summed E-state index contributed by atoms with van der Waals surface area (Å²) in [5.41, 5.74) is 13.5. The van der Waals surface area contributed by atoms with Crippen molar-refractivity contribution >= 4 is 5.84 Å². The van der Waals surface area contributed by atoms with Gasteiger partial charge in [0.05, 0.1) is 13.2 Å². The fourth-order valence-electron chi connectivity index (χ4n) is 6.64. The molecule has 0 bridgehead atoms. The molecule has 0 aromatic rings. The van der Waals surface area contributed by atoms with Crippen LogP contribution in [0.5, 0.6) is 0 Å². The van der Waals surface area contributed by atoms with Crippen molar-refractivity contribution in [3.05, 3.63) is 11.8 Å². The minimum Gasteiger partial charge on any atom is -0.347 e. The van der Waals surface area contributed by atoms with Gasteiger partial charge in [0.2, 0.25) is 0 Å². The monoisotopic (exact) mass is 521 g/mol. The maximum absolute atomic E-state index is 6.18. The highest BCUT2D eigenvalue weighted by Crippen LogP contribution is 2.47. The highest BCUT2D eigenvalue weighted by atomic mass is 16.7. The number of nitrogens with two attached hydrogens (primary N) is 1. The molecule has 9 heteroatoms. The maximum atomic E-state index is 6.18. The number of hydrogen-bond donors (Lipinski definition) is 3. The number of likely N-dealkylation sites (tertiary alicyclic amines) is 1. The van der Waals surface area contributed by atoms with Crippen LogP contribution in [0.2, 0.25) is 0 Å². The number of hydrogen-bond acceptors (Lipinski definition) is 9. The molecule has 2 saturated heterocycles. The predicted octanol–water partition coefficient (Wildman–Crippen LogP) is 3.93. The molecule has 9 nitrogen and oxygen atoms in total. The van der Waals surface area contributed by atoms with E-state index in [-0.39, 0.29) is 11.1 Å². The van der Waals surface area contributed by atoms with Gasteiger partial charge in [0.15, 0.2) is 11.6 Å². The van der Waals surface area contributed by atoms with Crippen LogP contribution in [0.3, 0.4) is 0 Å². The zero-order valence-corrected chi connectivity index (χ0v) is 24.9. The summed E-state index contributed by atoms with van der Waals surface area (Å²) in [5, 5.41) is 6.89. The molecule has 3 heterocycles. The van der Waals surface area contributed by atoms with Crippen molar-refractivity contribution < 1.29 is 9.47 Å². The number of hydrazine groups is 2. The third kappa shape index (κ3) is 7.82. The van der Waals surface area contributed by atoms with Crippen LogP contribution in [-0.4, -0.2) is 82.7 Å². The molecule has 0 unspecified atom stereocenters. The van der Waals surface area contributed by atoms with E-state index >= 15 is 0 Å². The van der Waals surface area contributed by atoms with Gasteiger partial charge in [-0.25, -0.2) is 0 Å². The average molecular weight is 522 g/mol. The molecule has 0 aliphatic carbocycles. The Labute approximate surface area is 226 Å². The van der Waals surface area contributed by atoms with Crippen LogP contribution in [0.1, 0.15) is 100 Å². The molecular weight excluding hydrogens is 466 g/mol. The molecule has 37 heavy (non-hydrogen) atoms. The van der Waals surface area contributed by atoms with Crippen LogP contribution in [0.15, 0.2) is 16.9 Å². The van der Waals surface area contributed by atoms with E-state index < -0.39 is 5.79 Å². The van der Waals surface area contributed by atoms with Crippen LogP contribution < -0.4 is 16.6 Å². The molecule has 4 N–H and O–H groups in total. The smallest absolute Gasteiger partial charge is 0.172 e. The second-order valence-electron chi connectivity index (χ2n) is 12.8. The molecule has 0 aromatic heterocycles. The number of hydrazone groups is 1. The Morgan fingerprint density at radius 3 is 2.16 bits per heavy atom. The number of amidine groups is 1. The number of nitrogens with one attached hydrogen (secondary N) is 2. The average Bonchev–Trinajstić information content (AvgIpc) is 3.20. The van der Waals surface area contributed by atoms with Crippen LogP contribution in [0.25, 0.3) is 0 Å². The summed E-state index contributed by atoms with van der Waals surface area (Å²) in [5.74, 6) is 0.480. The topological polar surface area (TPSA) is 90.6 Å². The van der Waals surface area contributed by atoms with Crippen molar-refractivity contribution in [3.63, 3.8) is 0 Å². The number of piperidine rings is 1. The van der Waals surface area contributed by atoms with Gasteiger partial charge >= 0.3 is 0 Å². The van der Waals surface area contributed by atoms with Crippen molar-refractivity contribution in [3.8, 4) is 0 Å². The fraction of sp³-hybridized carbons (Fsp3) is 0.893. The number of unbranched alkanes of at least 4 members (excludes halogenated alkanes) is 3. The van der Waals surface area contributed by atoms with Crippen molar-refractivity contribution in [2.45, 2.75) is 129 Å². The Balaban J connectivity index is 1.80. The van der Waals surface area contributed by atoms with Gasteiger partial charge in [-0.15, -0.1) is 10.3 Å². The molecule has 0 radical (unpaired) electrons. The lowest BCUT2D eigenvalue weighted by atomic mass is 9.75. The molecule has 0 amide bonds. The van der Waals surface area contributed by atoms with Gasteiger partial charge < -0.3 is 20.1 Å². The van der Waals surface area contributed by atoms with E-state index in [4.69, 9.17) is 20.3 Å². The number of ether oxygens (including phenoxy) is 2. The van der Waals surface area contributed by atoms with Crippen LogP contribution in [-0.2, 0) is 9.47 Å². The Bertz CT molecular complexity index is 759. The van der Waals surface area contributed by atoms with Crippen LogP contribution in [0.4, 0.5) is 0 Å². The summed E-state index contributed by atoms with van der Waals surface area (Å²) in [4.78, 5) is 5.02. The Hall–Kier alpha value is -1.39. The van der Waals surface area contributed by atoms with Crippen molar-refractivity contribution in [1.29, 1.82) is 0 Å². The van der Waals surface area contributed by atoms with Gasteiger partial charge in [-0.1, -0.05) is 12.8 Å². The minimum atomic E-state index is -0.500. The highest BCUT2D eigenvalue weighted by Gasteiger charge is 2.56. The molecule has 3 rings (SSSR count). The summed E-state index contributed by atoms with van der Waals surface area (Å²) >= 11 is 0. The molecule has 2 fully saturated rings. The van der Waals surface area contributed by atoms with E-state index in [2.05, 4.69) is 82.1 Å². The van der Waals surface area contributed by atoms with E-state index in [1.54, 1.807) is 0 Å². The Morgan fingerprint density at radius 2 is 1.59 bits per heavy atom. The Morgan fingerprint density at radius 1 is 1.00 bits per heavy atom. The maximum Gasteiger partial charge on any atom is 0.172 e. The van der Waals surface area contributed by atoms with E-state index in [0.717, 1.165) is 57.6 Å². The first-order valence-electron chi connectivity index (χ1n) is 14.5. The van der Waals surface area contributed by atoms with E-state index in [1.165, 1.54) is 18.5 Å². The first-order chi connectivity index (χ1) is 17.4. The fourth-order valence-corrected chi connectivity index (χ4v) is 6.64. The van der Waals surface area contributed by atoms with Crippen molar-refractivity contribution in [2.24, 2.45) is 10.8 Å². The third-order valence-electron chi connectivity index (χ3n) is 7.77. The number of nitrogens with zero attached hydrogens (tertiary/aromatic N) is 4. The standard InChI is InChI=1S/C28H55N7O2/c1-22(2)33(23(3)4)16-13-24-19-25(32-35(31-24)30-15-12-10-9-11-14-29)34-26(5,6)20-28(21-27(34,7)8)36-17-18-37-28/h19,22-23,30-31H,9-18,20-21,29H2,1-8H3. The number of rotatable bonds is 12. The molecule has 0 saturated carbocycles. The second-order valence-corrected chi connectivity index (χ2v) is 12.8. The second kappa shape index (κ2) is 12.6. The molecule has 3 aliphatic heterocycles. The molecule has 0 aromatic carbocycles. The lowest BCUT2D eigenvalue weighted by Gasteiger charge is -2.58. The third-order valence-corrected chi connectivity index (χ3v) is 7.77. The predicted molar refractivity (Wildman–Crippen MR) is 151 cm³/mol. The largest absolute Gasteiger partial charge is 0.347 e. The van der Waals surface area contributed by atoms with Gasteiger partial charge in [-0.05, 0) is 74.8 Å². The summed E-state index contributed by atoms with van der Waals surface area (Å²) in [6.07, 6.45) is 9.31. The van der Waals surface area contributed by atoms with E-state index in [0.29, 0.717) is 25.3 Å². The van der Waals surface area contributed by atoms with E-state index in [1.807, 2.05) is 5.23 Å². The quantitative estimate of drug-likeness (QED) is 0.333. The lowest BCUT2D eigenvalue weighted by molar-refractivity contribution is -0.226. The van der Waals surface area contributed by atoms with Crippen molar-refractivity contribution in [2.75, 3.05) is 32.8 Å². The molecule has 214 valence electrons. The van der Waals surface area contributed by atoms with Gasteiger partial charge in [0.25, 0.3) is 0 Å². The molecule has 1 spiro atoms. The molecule has 0 atom stereocenters. The summed E-state index contributed by atoms with van der Waals surface area (Å²) < 4.78 is 12.4. The minimum absolute atomic E-state index is 0.195. The van der Waals surface area contributed by atoms with Gasteiger partial charge in [-0.3, -0.25) is 10.3 Å². The summed E-state index contributed by atoms with van der Waals surface area (Å²) in [6.45, 7) is 22.2.